The van der Waals surface area contributed by atoms with Crippen LogP contribution in [0.4, 0.5) is 0 Å². The van der Waals surface area contributed by atoms with Crippen molar-refractivity contribution in [1.82, 2.24) is 14.8 Å². The molecule has 1 aromatic carbocycles. The van der Waals surface area contributed by atoms with Gasteiger partial charge in [-0.25, -0.2) is 4.98 Å². The molecule has 0 N–H and O–H groups in total. The number of benzene rings is 1. The number of aromatic nitrogens is 1. The smallest absolute Gasteiger partial charge is 0.222 e. The number of aryl methyl sites for hydroxylation is 1. The van der Waals surface area contributed by atoms with Crippen LogP contribution in [0.1, 0.15) is 17.7 Å². The lowest BCUT2D eigenvalue weighted by Crippen LogP contribution is -2.48. The lowest BCUT2D eigenvalue weighted by atomic mass is 10.1. The van der Waals surface area contributed by atoms with Crippen molar-refractivity contribution < 1.29 is 9.53 Å². The average molecular weight is 428 g/mol. The normalized spacial score (nSPS) is 14.9. The minimum atomic E-state index is 0.270. The van der Waals surface area contributed by atoms with Crippen molar-refractivity contribution in [3.63, 3.8) is 0 Å². The van der Waals surface area contributed by atoms with Crippen LogP contribution in [0.25, 0.3) is 10.6 Å². The minimum absolute atomic E-state index is 0.270. The molecule has 0 unspecified atom stereocenters. The predicted molar refractivity (Wildman–Crippen MR) is 119 cm³/mol. The van der Waals surface area contributed by atoms with Crippen molar-refractivity contribution >= 4 is 28.6 Å². The van der Waals surface area contributed by atoms with E-state index in [-0.39, 0.29) is 5.91 Å². The zero-order valence-corrected chi connectivity index (χ0v) is 18.2. The third-order valence-electron chi connectivity index (χ3n) is 5.21. The Labute approximate surface area is 179 Å². The first-order valence-corrected chi connectivity index (χ1v) is 11.6. The first kappa shape index (κ1) is 20.1. The van der Waals surface area contributed by atoms with Gasteiger partial charge in [-0.1, -0.05) is 0 Å². The van der Waals surface area contributed by atoms with E-state index in [1.54, 1.807) is 29.8 Å². The molecule has 2 aromatic heterocycles. The molecule has 152 valence electrons. The standard InChI is InChI=1S/C22H25N3O2S2/c1-27-20-5-3-18(4-6-20)22-23-19(16-29-22)14-24-9-11-25(12-10-24)21(26)7-2-17-8-13-28-15-17/h3-6,8,13,15-16H,2,7,9-12,14H2,1H3. The maximum atomic E-state index is 12.5. The highest BCUT2D eigenvalue weighted by molar-refractivity contribution is 7.13. The minimum Gasteiger partial charge on any atom is -0.497 e. The number of nitrogens with zero attached hydrogens (tertiary/aromatic N) is 3. The van der Waals surface area contributed by atoms with Gasteiger partial charge >= 0.3 is 0 Å². The van der Waals surface area contributed by atoms with Crippen LogP contribution >= 0.6 is 22.7 Å². The number of methoxy groups -OCH3 is 1. The van der Waals surface area contributed by atoms with Crippen LogP contribution in [-0.2, 0) is 17.8 Å². The van der Waals surface area contributed by atoms with Crippen LogP contribution in [0.15, 0.2) is 46.5 Å². The van der Waals surface area contributed by atoms with Gasteiger partial charge in [0, 0.05) is 50.1 Å². The van der Waals surface area contributed by atoms with Crippen LogP contribution in [-0.4, -0.2) is 54.0 Å². The number of hydrogen-bond donors (Lipinski definition) is 0. The summed E-state index contributed by atoms with van der Waals surface area (Å²) in [5.41, 5.74) is 3.47. The molecular weight excluding hydrogens is 402 g/mol. The Morgan fingerprint density at radius 3 is 2.59 bits per heavy atom. The molecule has 29 heavy (non-hydrogen) atoms. The lowest BCUT2D eigenvalue weighted by Gasteiger charge is -2.34. The fourth-order valence-corrected chi connectivity index (χ4v) is 4.99. The Bertz CT molecular complexity index is 914. The molecule has 0 atom stereocenters. The highest BCUT2D eigenvalue weighted by Crippen LogP contribution is 2.26. The van der Waals surface area contributed by atoms with Gasteiger partial charge in [-0.3, -0.25) is 9.69 Å². The molecule has 1 fully saturated rings. The molecule has 1 amide bonds. The van der Waals surface area contributed by atoms with Gasteiger partial charge in [0.2, 0.25) is 5.91 Å². The summed E-state index contributed by atoms with van der Waals surface area (Å²) in [6.45, 7) is 4.25. The molecule has 1 aliphatic heterocycles. The largest absolute Gasteiger partial charge is 0.497 e. The number of thiazole rings is 1. The number of amides is 1. The third kappa shape index (κ3) is 5.23. The maximum Gasteiger partial charge on any atom is 0.222 e. The summed E-state index contributed by atoms with van der Waals surface area (Å²) < 4.78 is 5.22. The highest BCUT2D eigenvalue weighted by atomic mass is 32.1. The van der Waals surface area contributed by atoms with Gasteiger partial charge in [0.05, 0.1) is 12.8 Å². The molecule has 5 nitrogen and oxygen atoms in total. The molecule has 1 saturated heterocycles. The van der Waals surface area contributed by atoms with Gasteiger partial charge in [0.25, 0.3) is 0 Å². The van der Waals surface area contributed by atoms with Gasteiger partial charge in [0.1, 0.15) is 10.8 Å². The van der Waals surface area contributed by atoms with Gasteiger partial charge in [-0.05, 0) is 53.1 Å². The Morgan fingerprint density at radius 2 is 1.90 bits per heavy atom. The fourth-order valence-electron chi connectivity index (χ4n) is 3.47. The van der Waals surface area contributed by atoms with Crippen molar-refractivity contribution in [2.75, 3.05) is 33.3 Å². The number of rotatable bonds is 7. The highest BCUT2D eigenvalue weighted by Gasteiger charge is 2.21. The molecule has 4 rings (SSSR count). The summed E-state index contributed by atoms with van der Waals surface area (Å²) in [5, 5.41) is 7.36. The van der Waals surface area contributed by atoms with E-state index < -0.39 is 0 Å². The Morgan fingerprint density at radius 1 is 1.10 bits per heavy atom. The van der Waals surface area contributed by atoms with Gasteiger partial charge in [-0.15, -0.1) is 11.3 Å². The van der Waals surface area contributed by atoms with Gasteiger partial charge in [-0.2, -0.15) is 11.3 Å². The van der Waals surface area contributed by atoms with Crippen LogP contribution in [0, 0.1) is 0 Å². The average Bonchev–Trinajstić information content (AvgIpc) is 3.45. The molecule has 0 saturated carbocycles. The molecule has 0 bridgehead atoms. The zero-order chi connectivity index (χ0) is 20.1. The summed E-state index contributed by atoms with van der Waals surface area (Å²) in [4.78, 5) is 21.6. The van der Waals surface area contributed by atoms with Crippen LogP contribution < -0.4 is 4.74 Å². The second-order valence-electron chi connectivity index (χ2n) is 7.16. The first-order valence-electron chi connectivity index (χ1n) is 9.81. The number of piperazine rings is 1. The molecule has 3 aromatic rings. The Balaban J connectivity index is 1.25. The molecular formula is C22H25N3O2S2. The topological polar surface area (TPSA) is 45.7 Å². The maximum absolute atomic E-state index is 12.5. The number of carbonyl (C=O) groups is 1. The summed E-state index contributed by atoms with van der Waals surface area (Å²) >= 11 is 3.36. The van der Waals surface area contributed by atoms with Crippen LogP contribution in [0.5, 0.6) is 5.75 Å². The monoisotopic (exact) mass is 427 g/mol. The SMILES string of the molecule is COc1ccc(-c2nc(CN3CCN(C(=O)CCc4ccsc4)CC3)cs2)cc1. The van der Waals surface area contributed by atoms with Crippen molar-refractivity contribution in [3.05, 3.63) is 57.7 Å². The second-order valence-corrected chi connectivity index (χ2v) is 8.80. The summed E-state index contributed by atoms with van der Waals surface area (Å²) in [6, 6.07) is 10.1. The third-order valence-corrected chi connectivity index (χ3v) is 6.88. The summed E-state index contributed by atoms with van der Waals surface area (Å²) in [5.74, 6) is 1.12. The van der Waals surface area contributed by atoms with Crippen molar-refractivity contribution in [3.8, 4) is 16.3 Å². The van der Waals surface area contributed by atoms with E-state index >= 15 is 0 Å². The van der Waals surface area contributed by atoms with Crippen LogP contribution in [0.2, 0.25) is 0 Å². The number of thiophene rings is 1. The molecule has 7 heteroatoms. The van der Waals surface area contributed by atoms with Crippen molar-refractivity contribution in [2.24, 2.45) is 0 Å². The fraction of sp³-hybridized carbons (Fsp3) is 0.364. The first-order chi connectivity index (χ1) is 14.2. The predicted octanol–water partition coefficient (Wildman–Crippen LogP) is 4.16. The number of ether oxygens (including phenoxy) is 1. The zero-order valence-electron chi connectivity index (χ0n) is 16.5. The Hall–Kier alpha value is -2.22. The van der Waals surface area contributed by atoms with Gasteiger partial charge in [0.15, 0.2) is 0 Å². The Kier molecular flexibility index (Phi) is 6.59. The molecule has 0 spiro atoms. The van der Waals surface area contributed by atoms with E-state index in [0.717, 1.165) is 61.2 Å². The summed E-state index contributed by atoms with van der Waals surface area (Å²) in [6.07, 6.45) is 1.45. The number of carbonyl (C=O) groups excluding carboxylic acids is 1. The van der Waals surface area contributed by atoms with E-state index in [4.69, 9.17) is 9.72 Å². The van der Waals surface area contributed by atoms with Gasteiger partial charge < -0.3 is 9.64 Å². The quantitative estimate of drug-likeness (QED) is 0.568. The second kappa shape index (κ2) is 9.52. The van der Waals surface area contributed by atoms with E-state index in [9.17, 15) is 4.79 Å². The van der Waals surface area contributed by atoms with E-state index in [1.165, 1.54) is 5.56 Å². The molecule has 3 heterocycles. The summed E-state index contributed by atoms with van der Waals surface area (Å²) in [7, 11) is 1.67. The molecule has 0 radical (unpaired) electrons. The van der Waals surface area contributed by atoms with E-state index in [2.05, 4.69) is 27.1 Å². The molecule has 0 aliphatic carbocycles. The van der Waals surface area contributed by atoms with Crippen LogP contribution in [0.3, 0.4) is 0 Å². The van der Waals surface area contributed by atoms with E-state index in [1.807, 2.05) is 29.2 Å². The lowest BCUT2D eigenvalue weighted by molar-refractivity contribution is -0.133. The number of hydrogen-bond acceptors (Lipinski definition) is 6. The van der Waals surface area contributed by atoms with E-state index in [0.29, 0.717) is 6.42 Å². The molecule has 1 aliphatic rings. The van der Waals surface area contributed by atoms with Crippen molar-refractivity contribution in [2.45, 2.75) is 19.4 Å². The van der Waals surface area contributed by atoms with Crippen molar-refractivity contribution in [1.29, 1.82) is 0 Å².